The number of carbonyl (C=O) groups is 1. The fraction of sp³-hybridized carbons (Fsp3) is 0.857. The number of rotatable bonds is 8. The smallest absolute Gasteiger partial charge is 0.334 e. The molecule has 0 bridgehead atoms. The van der Waals surface area contributed by atoms with Gasteiger partial charge in [-0.15, -0.1) is 0 Å². The molecule has 0 rings (SSSR count). The van der Waals surface area contributed by atoms with Crippen LogP contribution in [-0.2, 0) is 29.4 Å². The number of hydrogen-bond donors (Lipinski definition) is 2. The number of aliphatic carboxylic acids is 1. The normalized spacial score (nSPS) is 14.5. The van der Waals surface area contributed by atoms with Crippen LogP contribution in [0.25, 0.3) is 0 Å². The Bertz CT molecular complexity index is 453. The minimum absolute atomic E-state index is 0.446. The third kappa shape index (κ3) is 8.07. The van der Waals surface area contributed by atoms with Gasteiger partial charge in [-0.1, -0.05) is 0 Å². The zero-order chi connectivity index (χ0) is 13.7. The van der Waals surface area contributed by atoms with Gasteiger partial charge in [0.15, 0.2) is 6.10 Å². The zero-order valence-corrected chi connectivity index (χ0v) is 11.0. The molecule has 0 aromatic carbocycles. The molecule has 0 saturated carbocycles. The fourth-order valence-electron chi connectivity index (χ4n) is 0.807. The molecule has 0 heterocycles. The van der Waals surface area contributed by atoms with Crippen LogP contribution in [0, 0.1) is 0 Å². The van der Waals surface area contributed by atoms with Gasteiger partial charge in [-0.05, 0) is 0 Å². The van der Waals surface area contributed by atoms with E-state index in [1.54, 1.807) is 0 Å². The predicted octanol–water partition coefficient (Wildman–Crippen LogP) is -1.95. The lowest BCUT2D eigenvalue weighted by molar-refractivity contribution is -0.147. The van der Waals surface area contributed by atoms with E-state index in [1.165, 1.54) is 0 Å². The Morgan fingerprint density at radius 2 is 1.82 bits per heavy atom. The molecule has 8 nitrogen and oxygen atoms in total. The quantitative estimate of drug-likeness (QED) is 0.531. The number of ether oxygens (including phenoxy) is 1. The maximum absolute atomic E-state index is 11.3. The number of sulfonamides is 1. The van der Waals surface area contributed by atoms with E-state index in [1.807, 2.05) is 4.72 Å². The number of sulfone groups is 1. The van der Waals surface area contributed by atoms with Crippen LogP contribution in [0.15, 0.2) is 0 Å². The topological polar surface area (TPSA) is 127 Å². The first kappa shape index (κ1) is 16.3. The van der Waals surface area contributed by atoms with E-state index in [2.05, 4.69) is 4.74 Å². The molecule has 10 heteroatoms. The molecular weight excluding hydrogens is 274 g/mol. The first-order chi connectivity index (χ1) is 7.57. The first-order valence-corrected chi connectivity index (χ1v) is 8.19. The number of carboxylic acids is 1. The summed E-state index contributed by atoms with van der Waals surface area (Å²) in [6, 6.07) is 0. The molecule has 0 aliphatic carbocycles. The van der Waals surface area contributed by atoms with Crippen molar-refractivity contribution in [3.8, 4) is 0 Å². The van der Waals surface area contributed by atoms with E-state index in [9.17, 15) is 21.6 Å². The third-order valence-electron chi connectivity index (χ3n) is 1.77. The van der Waals surface area contributed by atoms with Crippen molar-refractivity contribution in [1.82, 2.24) is 4.72 Å². The summed E-state index contributed by atoms with van der Waals surface area (Å²) >= 11 is 0. The molecule has 0 aliphatic rings. The molecule has 0 amide bonds. The average Bonchev–Trinajstić information content (AvgIpc) is 2.14. The van der Waals surface area contributed by atoms with Gasteiger partial charge in [0.2, 0.25) is 10.0 Å². The molecule has 102 valence electrons. The second kappa shape index (κ2) is 6.28. The summed E-state index contributed by atoms with van der Waals surface area (Å²) in [6.45, 7) is -0.446. The summed E-state index contributed by atoms with van der Waals surface area (Å²) in [7, 11) is -6.08. The maximum atomic E-state index is 11.3. The summed E-state index contributed by atoms with van der Waals surface area (Å²) in [5.41, 5.74) is 0. The summed E-state index contributed by atoms with van der Waals surface area (Å²) in [5, 5.41) is 8.57. The van der Waals surface area contributed by atoms with Gasteiger partial charge in [0.05, 0.1) is 11.5 Å². The highest BCUT2D eigenvalue weighted by molar-refractivity contribution is 7.93. The van der Waals surface area contributed by atoms with Gasteiger partial charge in [-0.25, -0.2) is 26.4 Å². The molecule has 0 aromatic heterocycles. The predicted molar refractivity (Wildman–Crippen MR) is 59.9 cm³/mol. The molecule has 17 heavy (non-hydrogen) atoms. The second-order valence-corrected chi connectivity index (χ2v) is 7.55. The largest absolute Gasteiger partial charge is 0.479 e. The van der Waals surface area contributed by atoms with Crippen molar-refractivity contribution in [2.75, 3.05) is 31.4 Å². The van der Waals surface area contributed by atoms with Crippen LogP contribution in [0.5, 0.6) is 0 Å². The Kier molecular flexibility index (Phi) is 6.02. The lowest BCUT2D eigenvalue weighted by atomic mass is 10.4. The van der Waals surface area contributed by atoms with Crippen molar-refractivity contribution in [3.63, 3.8) is 0 Å². The molecule has 0 aliphatic heterocycles. The highest BCUT2D eigenvalue weighted by atomic mass is 32.2. The van der Waals surface area contributed by atoms with Crippen LogP contribution in [0.3, 0.4) is 0 Å². The Morgan fingerprint density at radius 3 is 2.18 bits per heavy atom. The third-order valence-corrected chi connectivity index (χ3v) is 4.32. The Morgan fingerprint density at radius 1 is 1.29 bits per heavy atom. The molecule has 0 fully saturated rings. The molecule has 2 N–H and O–H groups in total. The van der Waals surface area contributed by atoms with Gasteiger partial charge in [0.1, 0.15) is 9.84 Å². The minimum atomic E-state index is -3.83. The summed E-state index contributed by atoms with van der Waals surface area (Å²) in [5.74, 6) is -2.44. The standard InChI is InChI=1S/C7H15NO7S2/c1-15-6(7(9)10)5-8-17(13,14)4-3-16(2,11)12/h6,8H,3-5H2,1-2H3,(H,9,10). The van der Waals surface area contributed by atoms with Gasteiger partial charge in [-0.3, -0.25) is 0 Å². The second-order valence-electron chi connectivity index (χ2n) is 3.36. The number of carboxylic acid groups (broad SMARTS) is 1. The van der Waals surface area contributed by atoms with Gasteiger partial charge < -0.3 is 9.84 Å². The van der Waals surface area contributed by atoms with Gasteiger partial charge in [0.25, 0.3) is 0 Å². The number of nitrogens with one attached hydrogen (secondary N) is 1. The highest BCUT2D eigenvalue weighted by Gasteiger charge is 2.20. The lowest BCUT2D eigenvalue weighted by Crippen LogP contribution is -2.39. The van der Waals surface area contributed by atoms with Gasteiger partial charge >= 0.3 is 5.97 Å². The maximum Gasteiger partial charge on any atom is 0.334 e. The van der Waals surface area contributed by atoms with Crippen LogP contribution >= 0.6 is 0 Å². The molecule has 1 atom stereocenters. The molecule has 0 saturated heterocycles. The van der Waals surface area contributed by atoms with Crippen LogP contribution in [0.4, 0.5) is 0 Å². The average molecular weight is 289 g/mol. The first-order valence-electron chi connectivity index (χ1n) is 4.48. The van der Waals surface area contributed by atoms with Crippen LogP contribution < -0.4 is 4.72 Å². The van der Waals surface area contributed by atoms with Crippen molar-refractivity contribution in [2.45, 2.75) is 6.10 Å². The van der Waals surface area contributed by atoms with Gasteiger partial charge in [0, 0.05) is 19.9 Å². The van der Waals surface area contributed by atoms with Crippen molar-refractivity contribution in [3.05, 3.63) is 0 Å². The van der Waals surface area contributed by atoms with E-state index in [4.69, 9.17) is 5.11 Å². The SMILES string of the molecule is COC(CNS(=O)(=O)CCS(C)(=O)=O)C(=O)O. The zero-order valence-electron chi connectivity index (χ0n) is 9.41. The van der Waals surface area contributed by atoms with Crippen molar-refractivity contribution < 1.29 is 31.5 Å². The van der Waals surface area contributed by atoms with Crippen molar-refractivity contribution in [2.24, 2.45) is 0 Å². The molecule has 0 aromatic rings. The van der Waals surface area contributed by atoms with Gasteiger partial charge in [-0.2, -0.15) is 0 Å². The van der Waals surface area contributed by atoms with E-state index >= 15 is 0 Å². The Labute approximate surface area is 99.9 Å². The minimum Gasteiger partial charge on any atom is -0.479 e. The molecule has 1 unspecified atom stereocenters. The summed E-state index contributed by atoms with van der Waals surface area (Å²) in [4.78, 5) is 10.5. The Balaban J connectivity index is 4.33. The Hall–Kier alpha value is -0.710. The van der Waals surface area contributed by atoms with E-state index in [-0.39, 0.29) is 0 Å². The summed E-state index contributed by atoms with van der Waals surface area (Å²) < 4.78 is 50.6. The summed E-state index contributed by atoms with van der Waals surface area (Å²) in [6.07, 6.45) is -0.388. The van der Waals surface area contributed by atoms with Crippen molar-refractivity contribution in [1.29, 1.82) is 0 Å². The molecule has 0 spiro atoms. The molecule has 0 radical (unpaired) electrons. The highest BCUT2D eigenvalue weighted by Crippen LogP contribution is 1.93. The van der Waals surface area contributed by atoms with E-state index in [0.717, 1.165) is 13.4 Å². The van der Waals surface area contributed by atoms with Crippen LogP contribution in [0.1, 0.15) is 0 Å². The fourth-order valence-corrected chi connectivity index (χ4v) is 3.45. The van der Waals surface area contributed by atoms with E-state index in [0.29, 0.717) is 0 Å². The number of methoxy groups -OCH3 is 1. The van der Waals surface area contributed by atoms with Crippen molar-refractivity contribution >= 4 is 25.8 Å². The molecular formula is C7H15NO7S2. The lowest BCUT2D eigenvalue weighted by Gasteiger charge is -2.11. The van der Waals surface area contributed by atoms with Crippen LogP contribution in [0.2, 0.25) is 0 Å². The monoisotopic (exact) mass is 289 g/mol. The van der Waals surface area contributed by atoms with E-state index < -0.39 is 50.0 Å². The number of hydrogen-bond acceptors (Lipinski definition) is 6. The van der Waals surface area contributed by atoms with Crippen LogP contribution in [-0.4, -0.2) is 65.4 Å².